The van der Waals surface area contributed by atoms with Gasteiger partial charge >= 0.3 is 5.69 Å². The molecule has 1 aliphatic heterocycles. The maximum Gasteiger partial charge on any atom is 0.335 e. The third-order valence-corrected chi connectivity index (χ3v) is 4.59. The van der Waals surface area contributed by atoms with Gasteiger partial charge in [0.2, 0.25) is 5.88 Å². The van der Waals surface area contributed by atoms with Crippen LogP contribution in [0.4, 0.5) is 5.69 Å². The molecule has 1 aliphatic rings. The Hall–Kier alpha value is -3.19. The molecule has 0 spiro atoms. The minimum atomic E-state index is -0.711. The number of benzene rings is 2. The molecular formula is C19H12BrN3O3. The summed E-state index contributed by atoms with van der Waals surface area (Å²) in [6, 6.07) is 14.3. The number of fused-ring (bicyclic) bond motifs is 1. The van der Waals surface area contributed by atoms with E-state index in [1.54, 1.807) is 30.5 Å². The maximum atomic E-state index is 12.3. The Morgan fingerprint density at radius 3 is 2.58 bits per heavy atom. The van der Waals surface area contributed by atoms with Gasteiger partial charge in [-0.05, 0) is 36.4 Å². The van der Waals surface area contributed by atoms with Gasteiger partial charge in [-0.15, -0.1) is 0 Å². The number of halogens is 1. The van der Waals surface area contributed by atoms with Crippen LogP contribution in [0.5, 0.6) is 5.88 Å². The first kappa shape index (κ1) is 16.3. The lowest BCUT2D eigenvalue weighted by molar-refractivity contribution is 0.429. The monoisotopic (exact) mass is 409 g/mol. The van der Waals surface area contributed by atoms with Crippen molar-refractivity contribution in [3.05, 3.63) is 85.0 Å². The Morgan fingerprint density at radius 1 is 1.08 bits per heavy atom. The van der Waals surface area contributed by atoms with Gasteiger partial charge in [-0.2, -0.15) is 0 Å². The first-order valence-electron chi connectivity index (χ1n) is 7.74. The number of nitrogens with zero attached hydrogens (tertiary/aromatic N) is 2. The molecule has 0 bridgehead atoms. The first-order valence-corrected chi connectivity index (χ1v) is 8.53. The van der Waals surface area contributed by atoms with Crippen molar-refractivity contribution >= 4 is 39.5 Å². The summed E-state index contributed by atoms with van der Waals surface area (Å²) in [5.74, 6) is -0.425. The van der Waals surface area contributed by atoms with Crippen LogP contribution in [0.3, 0.4) is 0 Å². The molecule has 2 heterocycles. The van der Waals surface area contributed by atoms with E-state index >= 15 is 0 Å². The van der Waals surface area contributed by atoms with E-state index in [1.165, 1.54) is 6.08 Å². The summed E-state index contributed by atoms with van der Waals surface area (Å²) in [6.07, 6.45) is 3.15. The van der Waals surface area contributed by atoms with Crippen LogP contribution in [-0.4, -0.2) is 20.9 Å². The largest absolute Gasteiger partial charge is 0.494 e. The number of aliphatic imine (C=N–C) groups is 1. The van der Waals surface area contributed by atoms with E-state index in [-0.39, 0.29) is 5.56 Å². The lowest BCUT2D eigenvalue weighted by atomic mass is 10.1. The van der Waals surface area contributed by atoms with Crippen molar-refractivity contribution in [1.29, 1.82) is 0 Å². The molecular weight excluding hydrogens is 398 g/mol. The highest BCUT2D eigenvalue weighted by molar-refractivity contribution is 9.10. The van der Waals surface area contributed by atoms with Crippen LogP contribution in [-0.2, 0) is 0 Å². The van der Waals surface area contributed by atoms with Gasteiger partial charge in [-0.3, -0.25) is 14.8 Å². The molecule has 0 atom stereocenters. The van der Waals surface area contributed by atoms with Crippen LogP contribution < -0.4 is 11.2 Å². The minimum absolute atomic E-state index is 0.00864. The second-order valence-electron chi connectivity index (χ2n) is 5.68. The molecule has 26 heavy (non-hydrogen) atoms. The van der Waals surface area contributed by atoms with Crippen LogP contribution >= 0.6 is 15.9 Å². The highest BCUT2D eigenvalue weighted by atomic mass is 79.9. The van der Waals surface area contributed by atoms with Gasteiger partial charge in [0, 0.05) is 21.8 Å². The standard InChI is InChI=1S/C19H12BrN3O3/c20-12-5-7-13(8-6-12)23-18(25)15(17(24)22-19(23)26)9-11-10-21-16-4-2-1-3-14(11)16/h1-10,25H,(H,22,24,26)/b11-9+. The Morgan fingerprint density at radius 2 is 1.81 bits per heavy atom. The quantitative estimate of drug-likeness (QED) is 0.680. The van der Waals surface area contributed by atoms with Crippen LogP contribution in [0.2, 0.25) is 0 Å². The fourth-order valence-electron chi connectivity index (χ4n) is 2.81. The highest BCUT2D eigenvalue weighted by Crippen LogP contribution is 2.32. The van der Waals surface area contributed by atoms with Crippen molar-refractivity contribution in [2.24, 2.45) is 4.99 Å². The number of aromatic nitrogens is 2. The summed E-state index contributed by atoms with van der Waals surface area (Å²) in [5.41, 5.74) is 1.38. The van der Waals surface area contributed by atoms with E-state index in [4.69, 9.17) is 0 Å². The van der Waals surface area contributed by atoms with Gasteiger partial charge in [0.1, 0.15) is 5.56 Å². The summed E-state index contributed by atoms with van der Waals surface area (Å²) >= 11 is 3.32. The van der Waals surface area contributed by atoms with Gasteiger partial charge in [0.15, 0.2) is 0 Å². The summed E-state index contributed by atoms with van der Waals surface area (Å²) < 4.78 is 1.89. The molecule has 2 N–H and O–H groups in total. The van der Waals surface area contributed by atoms with Gasteiger partial charge in [0.05, 0.1) is 11.4 Å². The average molecular weight is 410 g/mol. The summed E-state index contributed by atoms with van der Waals surface area (Å²) in [7, 11) is 0. The van der Waals surface area contributed by atoms with E-state index in [9.17, 15) is 14.7 Å². The molecule has 3 aromatic rings. The molecule has 0 amide bonds. The number of hydrogen-bond acceptors (Lipinski definition) is 4. The van der Waals surface area contributed by atoms with Crippen molar-refractivity contribution in [1.82, 2.24) is 9.55 Å². The van der Waals surface area contributed by atoms with Gasteiger partial charge in [-0.1, -0.05) is 34.1 Å². The third-order valence-electron chi connectivity index (χ3n) is 4.06. The van der Waals surface area contributed by atoms with Crippen LogP contribution in [0.15, 0.2) is 67.6 Å². The number of aromatic hydroxyl groups is 1. The summed E-state index contributed by atoms with van der Waals surface area (Å²) in [5, 5.41) is 10.6. The Kier molecular flexibility index (Phi) is 3.93. The predicted molar refractivity (Wildman–Crippen MR) is 104 cm³/mol. The zero-order valence-electron chi connectivity index (χ0n) is 13.3. The van der Waals surface area contributed by atoms with Crippen LogP contribution in [0, 0.1) is 0 Å². The molecule has 0 fully saturated rings. The Labute approximate surface area is 155 Å². The lowest BCUT2D eigenvalue weighted by Gasteiger charge is -2.10. The van der Waals surface area contributed by atoms with E-state index in [1.807, 2.05) is 24.3 Å². The number of rotatable bonds is 2. The fraction of sp³-hybridized carbons (Fsp3) is 0. The van der Waals surface area contributed by atoms with E-state index in [0.29, 0.717) is 11.3 Å². The average Bonchev–Trinajstić information content (AvgIpc) is 3.03. The van der Waals surface area contributed by atoms with E-state index in [2.05, 4.69) is 25.9 Å². The number of nitrogens with one attached hydrogen (secondary N) is 1. The van der Waals surface area contributed by atoms with Crippen LogP contribution in [0.25, 0.3) is 17.3 Å². The Balaban J connectivity index is 1.91. The molecule has 6 nitrogen and oxygen atoms in total. The van der Waals surface area contributed by atoms with Gasteiger partial charge < -0.3 is 5.11 Å². The number of aromatic amines is 1. The van der Waals surface area contributed by atoms with Crippen molar-refractivity contribution in [2.45, 2.75) is 0 Å². The molecule has 128 valence electrons. The topological polar surface area (TPSA) is 87.5 Å². The summed E-state index contributed by atoms with van der Waals surface area (Å²) in [6.45, 7) is 0. The predicted octanol–water partition coefficient (Wildman–Crippen LogP) is 3.25. The van der Waals surface area contributed by atoms with Crippen molar-refractivity contribution in [3.8, 4) is 11.6 Å². The smallest absolute Gasteiger partial charge is 0.335 e. The first-order chi connectivity index (χ1) is 12.5. The highest BCUT2D eigenvalue weighted by Gasteiger charge is 2.17. The van der Waals surface area contributed by atoms with Crippen LogP contribution in [0.1, 0.15) is 11.1 Å². The van der Waals surface area contributed by atoms with E-state index in [0.717, 1.165) is 20.3 Å². The molecule has 0 radical (unpaired) electrons. The molecule has 0 saturated heterocycles. The normalized spacial score (nSPS) is 14.0. The zero-order chi connectivity index (χ0) is 18.3. The SMILES string of the molecule is O=c1[nH]c(=O)n(-c2ccc(Br)cc2)c(O)c1/C=C1\C=Nc2ccccc21. The lowest BCUT2D eigenvalue weighted by Crippen LogP contribution is -2.30. The maximum absolute atomic E-state index is 12.3. The van der Waals surface area contributed by atoms with Gasteiger partial charge in [0.25, 0.3) is 5.56 Å². The molecule has 0 saturated carbocycles. The van der Waals surface area contributed by atoms with Crippen molar-refractivity contribution in [2.75, 3.05) is 0 Å². The number of para-hydroxylation sites is 1. The number of hydrogen-bond donors (Lipinski definition) is 2. The summed E-state index contributed by atoms with van der Waals surface area (Å²) in [4.78, 5) is 31.0. The fourth-order valence-corrected chi connectivity index (χ4v) is 3.07. The molecule has 7 heteroatoms. The zero-order valence-corrected chi connectivity index (χ0v) is 14.9. The van der Waals surface area contributed by atoms with Crippen molar-refractivity contribution < 1.29 is 5.11 Å². The number of H-pyrrole nitrogens is 1. The second-order valence-corrected chi connectivity index (χ2v) is 6.60. The molecule has 1 aromatic heterocycles. The second kappa shape index (κ2) is 6.27. The minimum Gasteiger partial charge on any atom is -0.494 e. The molecule has 2 aromatic carbocycles. The number of allylic oxidation sites excluding steroid dienone is 1. The molecule has 4 rings (SSSR count). The van der Waals surface area contributed by atoms with E-state index < -0.39 is 17.1 Å². The van der Waals surface area contributed by atoms with Gasteiger partial charge in [-0.25, -0.2) is 9.36 Å². The third kappa shape index (κ3) is 2.72. The Bertz CT molecular complexity index is 1190. The molecule has 0 aliphatic carbocycles. The van der Waals surface area contributed by atoms with Crippen molar-refractivity contribution in [3.63, 3.8) is 0 Å². The molecule has 0 unspecified atom stereocenters.